The molecule has 0 fully saturated rings. The van der Waals surface area contributed by atoms with E-state index in [-0.39, 0.29) is 5.75 Å². The number of phenols is 1. The molecule has 2 aromatic rings. The molecule has 0 aliphatic heterocycles. The van der Waals surface area contributed by atoms with Crippen LogP contribution in [0, 0.1) is 4.77 Å². The van der Waals surface area contributed by atoms with Crippen molar-refractivity contribution >= 4 is 12.2 Å². The van der Waals surface area contributed by atoms with Gasteiger partial charge in [0.1, 0.15) is 11.6 Å². The molecule has 0 aliphatic carbocycles. The van der Waals surface area contributed by atoms with Crippen molar-refractivity contribution in [2.24, 2.45) is 0 Å². The molecule has 0 radical (unpaired) electrons. The van der Waals surface area contributed by atoms with Gasteiger partial charge in [0.2, 0.25) is 0 Å². The third kappa shape index (κ3) is 2.96. The van der Waals surface area contributed by atoms with E-state index in [4.69, 9.17) is 17.0 Å². The Kier molecular flexibility index (Phi) is 4.11. The fourth-order valence-corrected chi connectivity index (χ4v) is 1.99. The van der Waals surface area contributed by atoms with Gasteiger partial charge in [0.25, 0.3) is 0 Å². The Bertz CT molecular complexity index is 577. The highest BCUT2D eigenvalue weighted by Crippen LogP contribution is 2.14. The van der Waals surface area contributed by atoms with Crippen LogP contribution in [0.4, 0.5) is 0 Å². The van der Waals surface area contributed by atoms with Crippen molar-refractivity contribution < 1.29 is 9.84 Å². The lowest BCUT2D eigenvalue weighted by Crippen LogP contribution is -2.09. The molecule has 0 amide bonds. The first kappa shape index (κ1) is 12.8. The first-order valence-corrected chi connectivity index (χ1v) is 6.02. The number of ether oxygens (including phenoxy) is 1. The fraction of sp³-hybridized carbons (Fsp3) is 0.333. The van der Waals surface area contributed by atoms with Crippen LogP contribution in [-0.2, 0) is 17.7 Å². The van der Waals surface area contributed by atoms with Gasteiger partial charge in [-0.3, -0.25) is 5.10 Å². The van der Waals surface area contributed by atoms with Gasteiger partial charge in [0, 0.05) is 20.1 Å². The summed E-state index contributed by atoms with van der Waals surface area (Å²) in [6.07, 6.45) is 0.616. The molecule has 2 N–H and O–H groups in total. The third-order valence-electron chi connectivity index (χ3n) is 2.63. The molecule has 1 aromatic heterocycles. The van der Waals surface area contributed by atoms with E-state index in [9.17, 15) is 5.11 Å². The molecule has 5 nitrogen and oxygen atoms in total. The zero-order chi connectivity index (χ0) is 13.0. The van der Waals surface area contributed by atoms with Gasteiger partial charge >= 0.3 is 0 Å². The van der Waals surface area contributed by atoms with Crippen LogP contribution in [0.15, 0.2) is 24.3 Å². The molecule has 18 heavy (non-hydrogen) atoms. The summed E-state index contributed by atoms with van der Waals surface area (Å²) in [4.78, 5) is 0. The van der Waals surface area contributed by atoms with E-state index >= 15 is 0 Å². The monoisotopic (exact) mass is 265 g/mol. The molecule has 0 aliphatic rings. The van der Waals surface area contributed by atoms with E-state index in [1.807, 2.05) is 16.7 Å². The number of methoxy groups -OCH3 is 1. The average Bonchev–Trinajstić information content (AvgIpc) is 2.68. The van der Waals surface area contributed by atoms with E-state index in [1.165, 1.54) is 0 Å². The fourth-order valence-electron chi connectivity index (χ4n) is 1.75. The van der Waals surface area contributed by atoms with Gasteiger partial charge in [0.05, 0.1) is 6.61 Å². The molecular weight excluding hydrogens is 250 g/mol. The predicted molar refractivity (Wildman–Crippen MR) is 70.2 cm³/mol. The topological polar surface area (TPSA) is 63.1 Å². The summed E-state index contributed by atoms with van der Waals surface area (Å²) in [5.41, 5.74) is 0.989. The van der Waals surface area contributed by atoms with Gasteiger partial charge < -0.3 is 14.4 Å². The number of nitrogens with zero attached hydrogens (tertiary/aromatic N) is 2. The van der Waals surface area contributed by atoms with Gasteiger partial charge in [-0.05, 0) is 29.9 Å². The van der Waals surface area contributed by atoms with Crippen LogP contribution in [0.1, 0.15) is 11.4 Å². The molecule has 0 spiro atoms. The first-order valence-electron chi connectivity index (χ1n) is 5.61. The molecular formula is C12H15N3O2S. The molecule has 6 heteroatoms. The molecule has 0 atom stereocenters. The Morgan fingerprint density at radius 3 is 3.06 bits per heavy atom. The Balaban J connectivity index is 2.21. The van der Waals surface area contributed by atoms with E-state index in [0.29, 0.717) is 24.3 Å². The van der Waals surface area contributed by atoms with Crippen LogP contribution < -0.4 is 0 Å². The van der Waals surface area contributed by atoms with Gasteiger partial charge in [-0.25, -0.2) is 0 Å². The number of aromatic nitrogens is 3. The average molecular weight is 265 g/mol. The lowest BCUT2D eigenvalue weighted by molar-refractivity contribution is 0.186. The summed E-state index contributed by atoms with van der Waals surface area (Å²) in [6.45, 7) is 1.25. The number of aromatic hydroxyl groups is 1. The Hall–Kier alpha value is -1.66. The molecule has 1 heterocycles. The van der Waals surface area contributed by atoms with Crippen LogP contribution in [0.2, 0.25) is 0 Å². The quantitative estimate of drug-likeness (QED) is 0.810. The highest BCUT2D eigenvalue weighted by atomic mass is 32.1. The number of rotatable bonds is 5. The van der Waals surface area contributed by atoms with Crippen molar-refractivity contribution in [1.82, 2.24) is 14.8 Å². The normalized spacial score (nSPS) is 10.7. The molecule has 96 valence electrons. The van der Waals surface area contributed by atoms with Crippen molar-refractivity contribution in [3.63, 3.8) is 0 Å². The summed E-state index contributed by atoms with van der Waals surface area (Å²) in [6, 6.07) is 7.12. The molecule has 0 unspecified atom stereocenters. The second-order valence-electron chi connectivity index (χ2n) is 3.94. The molecule has 0 bridgehead atoms. The van der Waals surface area contributed by atoms with E-state index in [0.717, 1.165) is 11.4 Å². The Morgan fingerprint density at radius 1 is 1.50 bits per heavy atom. The molecule has 0 saturated carbocycles. The number of hydrogen-bond acceptors (Lipinski definition) is 4. The molecule has 0 saturated heterocycles. The SMILES string of the molecule is COCCn1c(Cc2cccc(O)c2)n[nH]c1=S. The van der Waals surface area contributed by atoms with Crippen LogP contribution in [0.5, 0.6) is 5.75 Å². The summed E-state index contributed by atoms with van der Waals surface area (Å²) in [7, 11) is 1.65. The van der Waals surface area contributed by atoms with Crippen molar-refractivity contribution in [1.29, 1.82) is 0 Å². The van der Waals surface area contributed by atoms with Crippen molar-refractivity contribution in [2.45, 2.75) is 13.0 Å². The van der Waals surface area contributed by atoms with Gasteiger partial charge in [-0.1, -0.05) is 12.1 Å². The number of benzene rings is 1. The lowest BCUT2D eigenvalue weighted by atomic mass is 10.1. The minimum Gasteiger partial charge on any atom is -0.508 e. The van der Waals surface area contributed by atoms with Crippen molar-refractivity contribution in [3.05, 3.63) is 40.4 Å². The maximum Gasteiger partial charge on any atom is 0.195 e. The minimum absolute atomic E-state index is 0.255. The largest absolute Gasteiger partial charge is 0.508 e. The molecule has 1 aromatic carbocycles. The summed E-state index contributed by atoms with van der Waals surface area (Å²) >= 11 is 5.17. The van der Waals surface area contributed by atoms with Crippen LogP contribution in [0.25, 0.3) is 0 Å². The maximum absolute atomic E-state index is 9.43. The lowest BCUT2D eigenvalue weighted by Gasteiger charge is -2.06. The minimum atomic E-state index is 0.255. The molecule has 2 rings (SSSR count). The van der Waals surface area contributed by atoms with Gasteiger partial charge in [-0.2, -0.15) is 5.10 Å². The standard InChI is InChI=1S/C12H15N3O2S/c1-17-6-5-15-11(13-14-12(15)18)8-9-3-2-4-10(16)7-9/h2-4,7,16H,5-6,8H2,1H3,(H,14,18). The van der Waals surface area contributed by atoms with Crippen LogP contribution >= 0.6 is 12.2 Å². The predicted octanol–water partition coefficient (Wildman–Crippen LogP) is 1.88. The number of aromatic amines is 1. The number of hydrogen-bond donors (Lipinski definition) is 2. The van der Waals surface area contributed by atoms with E-state index in [2.05, 4.69) is 10.2 Å². The van der Waals surface area contributed by atoms with E-state index in [1.54, 1.807) is 19.2 Å². The summed E-state index contributed by atoms with van der Waals surface area (Å²) < 4.78 is 7.54. The number of phenolic OH excluding ortho intramolecular Hbond substituents is 1. The second kappa shape index (κ2) is 5.79. The smallest absolute Gasteiger partial charge is 0.195 e. The zero-order valence-corrected chi connectivity index (χ0v) is 10.9. The zero-order valence-electron chi connectivity index (χ0n) is 10.1. The van der Waals surface area contributed by atoms with Gasteiger partial charge in [0.15, 0.2) is 4.77 Å². The second-order valence-corrected chi connectivity index (χ2v) is 4.32. The van der Waals surface area contributed by atoms with Gasteiger partial charge in [-0.15, -0.1) is 0 Å². The van der Waals surface area contributed by atoms with Crippen LogP contribution in [-0.4, -0.2) is 33.6 Å². The number of nitrogens with one attached hydrogen (secondary N) is 1. The highest BCUT2D eigenvalue weighted by Gasteiger charge is 2.07. The van der Waals surface area contributed by atoms with Crippen molar-refractivity contribution in [2.75, 3.05) is 13.7 Å². The van der Waals surface area contributed by atoms with Crippen LogP contribution in [0.3, 0.4) is 0 Å². The van der Waals surface area contributed by atoms with E-state index < -0.39 is 0 Å². The Morgan fingerprint density at radius 2 is 2.33 bits per heavy atom. The highest BCUT2D eigenvalue weighted by molar-refractivity contribution is 7.71. The maximum atomic E-state index is 9.43. The number of H-pyrrole nitrogens is 1. The third-order valence-corrected chi connectivity index (χ3v) is 2.94. The van der Waals surface area contributed by atoms with Crippen molar-refractivity contribution in [3.8, 4) is 5.75 Å². The Labute approximate surface area is 110 Å². The first-order chi connectivity index (χ1) is 8.70. The summed E-state index contributed by atoms with van der Waals surface area (Å²) in [5, 5.41) is 16.4. The summed E-state index contributed by atoms with van der Waals surface area (Å²) in [5.74, 6) is 1.09.